The Balaban J connectivity index is 1.93. The van der Waals surface area contributed by atoms with Gasteiger partial charge in [0.1, 0.15) is 11.5 Å². The molecule has 3 aromatic rings. The van der Waals surface area contributed by atoms with Gasteiger partial charge in [-0.3, -0.25) is 14.5 Å². The summed E-state index contributed by atoms with van der Waals surface area (Å²) in [4.78, 5) is 28.1. The highest BCUT2D eigenvalue weighted by Gasteiger charge is 2.47. The van der Waals surface area contributed by atoms with E-state index in [-0.39, 0.29) is 11.3 Å². The van der Waals surface area contributed by atoms with Gasteiger partial charge >= 0.3 is 0 Å². The Morgan fingerprint density at radius 2 is 1.67 bits per heavy atom. The normalized spacial score (nSPS) is 17.5. The standard InChI is InChI=1S/C28H27NO4/c1-5-33-23-14-13-21(16-19(23)4)26(30)24-25(20-9-7-6-8-10-20)29(28(32)27(24)31)22-15-17(2)11-12-18(22)3/h6-16,25,30H,5H2,1-4H3/b26-24-. The molecule has 1 saturated heterocycles. The van der Waals surface area contributed by atoms with Crippen LogP contribution in [0.2, 0.25) is 0 Å². The van der Waals surface area contributed by atoms with E-state index < -0.39 is 17.7 Å². The summed E-state index contributed by atoms with van der Waals surface area (Å²) in [6.07, 6.45) is 0. The van der Waals surface area contributed by atoms with Crippen LogP contribution in [0.3, 0.4) is 0 Å². The molecule has 1 N–H and O–H groups in total. The topological polar surface area (TPSA) is 66.8 Å². The number of carbonyl (C=O) groups is 2. The second-order valence-corrected chi connectivity index (χ2v) is 8.28. The summed E-state index contributed by atoms with van der Waals surface area (Å²) < 4.78 is 5.60. The molecule has 0 aromatic heterocycles. The average molecular weight is 442 g/mol. The second kappa shape index (κ2) is 8.94. The molecule has 1 aliphatic rings. The van der Waals surface area contributed by atoms with Crippen LogP contribution >= 0.6 is 0 Å². The first-order valence-electron chi connectivity index (χ1n) is 11.0. The molecule has 0 bridgehead atoms. The third-order valence-electron chi connectivity index (χ3n) is 5.93. The lowest BCUT2D eigenvalue weighted by Gasteiger charge is -2.27. The zero-order valence-corrected chi connectivity index (χ0v) is 19.3. The van der Waals surface area contributed by atoms with E-state index in [0.717, 1.165) is 22.3 Å². The Morgan fingerprint density at radius 1 is 0.939 bits per heavy atom. The number of amides is 1. The second-order valence-electron chi connectivity index (χ2n) is 8.28. The number of anilines is 1. The average Bonchev–Trinajstić information content (AvgIpc) is 3.07. The number of benzene rings is 3. The van der Waals surface area contributed by atoms with Crippen LogP contribution in [-0.2, 0) is 9.59 Å². The molecule has 4 rings (SSSR count). The van der Waals surface area contributed by atoms with Crippen molar-refractivity contribution >= 4 is 23.1 Å². The number of aliphatic hydroxyl groups is 1. The fraction of sp³-hybridized carbons (Fsp3) is 0.214. The van der Waals surface area contributed by atoms with Crippen LogP contribution in [0.25, 0.3) is 5.76 Å². The van der Waals surface area contributed by atoms with E-state index in [4.69, 9.17) is 4.74 Å². The van der Waals surface area contributed by atoms with Gasteiger partial charge in [-0.25, -0.2) is 0 Å². The molecule has 5 heteroatoms. The summed E-state index contributed by atoms with van der Waals surface area (Å²) >= 11 is 0. The van der Waals surface area contributed by atoms with E-state index >= 15 is 0 Å². The zero-order chi connectivity index (χ0) is 23.7. The van der Waals surface area contributed by atoms with Gasteiger partial charge in [-0.05, 0) is 74.2 Å². The summed E-state index contributed by atoms with van der Waals surface area (Å²) in [5.41, 5.74) is 4.65. The van der Waals surface area contributed by atoms with Gasteiger partial charge in [-0.2, -0.15) is 0 Å². The maximum Gasteiger partial charge on any atom is 0.300 e. The number of ketones is 1. The predicted molar refractivity (Wildman–Crippen MR) is 129 cm³/mol. The van der Waals surface area contributed by atoms with Gasteiger partial charge in [0.25, 0.3) is 11.7 Å². The lowest BCUT2D eigenvalue weighted by atomic mass is 9.94. The van der Waals surface area contributed by atoms with Crippen molar-refractivity contribution in [1.82, 2.24) is 0 Å². The Bertz CT molecular complexity index is 1260. The van der Waals surface area contributed by atoms with E-state index in [0.29, 0.717) is 23.6 Å². The van der Waals surface area contributed by atoms with Crippen molar-refractivity contribution in [3.8, 4) is 5.75 Å². The van der Waals surface area contributed by atoms with E-state index in [1.807, 2.05) is 76.2 Å². The van der Waals surface area contributed by atoms with Gasteiger partial charge in [-0.1, -0.05) is 42.5 Å². The van der Waals surface area contributed by atoms with Crippen molar-refractivity contribution in [2.24, 2.45) is 0 Å². The molecule has 1 heterocycles. The van der Waals surface area contributed by atoms with Crippen LogP contribution in [0, 0.1) is 20.8 Å². The molecule has 0 radical (unpaired) electrons. The third-order valence-corrected chi connectivity index (χ3v) is 5.93. The minimum Gasteiger partial charge on any atom is -0.507 e. The minimum absolute atomic E-state index is 0.0793. The number of carbonyl (C=O) groups excluding carboxylic acids is 2. The van der Waals surface area contributed by atoms with Crippen LogP contribution in [0.1, 0.15) is 40.8 Å². The summed E-state index contributed by atoms with van der Waals surface area (Å²) in [6.45, 7) is 8.17. The van der Waals surface area contributed by atoms with Crippen molar-refractivity contribution in [3.63, 3.8) is 0 Å². The lowest BCUT2D eigenvalue weighted by Crippen LogP contribution is -2.30. The number of hydrogen-bond donors (Lipinski definition) is 1. The molecule has 1 aliphatic heterocycles. The first-order chi connectivity index (χ1) is 15.8. The van der Waals surface area contributed by atoms with Gasteiger partial charge in [0.05, 0.1) is 18.2 Å². The van der Waals surface area contributed by atoms with Gasteiger partial charge in [0.2, 0.25) is 0 Å². The Morgan fingerprint density at radius 3 is 2.33 bits per heavy atom. The number of nitrogens with zero attached hydrogens (tertiary/aromatic N) is 1. The molecule has 168 valence electrons. The van der Waals surface area contributed by atoms with Gasteiger partial charge in [-0.15, -0.1) is 0 Å². The molecule has 0 aliphatic carbocycles. The fourth-order valence-electron chi connectivity index (χ4n) is 4.28. The SMILES string of the molecule is CCOc1ccc(/C(O)=C2/C(=O)C(=O)N(c3cc(C)ccc3C)C2c2ccccc2)cc1C. The summed E-state index contributed by atoms with van der Waals surface area (Å²) in [5.74, 6) is -0.832. The number of hydrogen-bond acceptors (Lipinski definition) is 4. The molecule has 1 fully saturated rings. The fourth-order valence-corrected chi connectivity index (χ4v) is 4.28. The predicted octanol–water partition coefficient (Wildman–Crippen LogP) is 5.64. The molecule has 1 amide bonds. The Labute approximate surface area is 193 Å². The zero-order valence-electron chi connectivity index (χ0n) is 19.3. The Hall–Kier alpha value is -3.86. The monoisotopic (exact) mass is 441 g/mol. The van der Waals surface area contributed by atoms with E-state index in [1.54, 1.807) is 18.2 Å². The Kier molecular flexibility index (Phi) is 6.05. The van der Waals surface area contributed by atoms with Gasteiger partial charge in [0, 0.05) is 11.3 Å². The van der Waals surface area contributed by atoms with Crippen molar-refractivity contribution in [3.05, 3.63) is 100 Å². The van der Waals surface area contributed by atoms with E-state index in [9.17, 15) is 14.7 Å². The van der Waals surface area contributed by atoms with Crippen LogP contribution < -0.4 is 9.64 Å². The molecule has 5 nitrogen and oxygen atoms in total. The molecule has 0 spiro atoms. The first kappa shape index (κ1) is 22.3. The highest BCUT2D eigenvalue weighted by Crippen LogP contribution is 2.43. The molecular formula is C28H27NO4. The van der Waals surface area contributed by atoms with Crippen LogP contribution in [0.5, 0.6) is 5.75 Å². The molecule has 1 unspecified atom stereocenters. The third kappa shape index (κ3) is 4.02. The molecule has 0 saturated carbocycles. The van der Waals surface area contributed by atoms with Crippen LogP contribution in [0.4, 0.5) is 5.69 Å². The maximum absolute atomic E-state index is 13.3. The van der Waals surface area contributed by atoms with Gasteiger partial charge < -0.3 is 9.84 Å². The highest BCUT2D eigenvalue weighted by atomic mass is 16.5. The molecule has 3 aromatic carbocycles. The number of aliphatic hydroxyl groups excluding tert-OH is 1. The first-order valence-corrected chi connectivity index (χ1v) is 11.0. The van der Waals surface area contributed by atoms with Crippen molar-refractivity contribution in [2.45, 2.75) is 33.7 Å². The lowest BCUT2D eigenvalue weighted by molar-refractivity contribution is -0.132. The van der Waals surface area contributed by atoms with Crippen LogP contribution in [0.15, 0.2) is 72.3 Å². The minimum atomic E-state index is -0.737. The number of rotatable bonds is 5. The van der Waals surface area contributed by atoms with Crippen molar-refractivity contribution < 1.29 is 19.4 Å². The number of aryl methyl sites for hydroxylation is 3. The van der Waals surface area contributed by atoms with Crippen molar-refractivity contribution in [2.75, 3.05) is 11.5 Å². The quantitative estimate of drug-likeness (QED) is 0.316. The summed E-state index contributed by atoms with van der Waals surface area (Å²) in [7, 11) is 0. The highest BCUT2D eigenvalue weighted by molar-refractivity contribution is 6.51. The van der Waals surface area contributed by atoms with Gasteiger partial charge in [0.15, 0.2) is 0 Å². The van der Waals surface area contributed by atoms with Crippen LogP contribution in [-0.4, -0.2) is 23.4 Å². The summed E-state index contributed by atoms with van der Waals surface area (Å²) in [6, 6.07) is 19.6. The maximum atomic E-state index is 13.3. The largest absolute Gasteiger partial charge is 0.507 e. The van der Waals surface area contributed by atoms with Crippen molar-refractivity contribution in [1.29, 1.82) is 0 Å². The molecule has 33 heavy (non-hydrogen) atoms. The number of Topliss-reactive ketones (excluding diaryl/α,β-unsaturated/α-hetero) is 1. The smallest absolute Gasteiger partial charge is 0.300 e. The summed E-state index contributed by atoms with van der Waals surface area (Å²) in [5, 5.41) is 11.3. The molecule has 1 atom stereocenters. The van der Waals surface area contributed by atoms with E-state index in [2.05, 4.69) is 0 Å². The number of ether oxygens (including phenoxy) is 1. The molecular weight excluding hydrogens is 414 g/mol. The van der Waals surface area contributed by atoms with E-state index in [1.165, 1.54) is 4.90 Å².